The van der Waals surface area contributed by atoms with Crippen molar-refractivity contribution in [1.29, 1.82) is 0 Å². The Morgan fingerprint density at radius 1 is 1.30 bits per heavy atom. The largest absolute Gasteiger partial charge is 0.458 e. The van der Waals surface area contributed by atoms with Crippen LogP contribution in [0.1, 0.15) is 41.9 Å². The minimum Gasteiger partial charge on any atom is -0.458 e. The summed E-state index contributed by atoms with van der Waals surface area (Å²) in [5.74, 6) is -0.252. The molecule has 0 unspecified atom stereocenters. The van der Waals surface area contributed by atoms with Crippen LogP contribution in [0, 0.1) is 6.92 Å². The lowest BCUT2D eigenvalue weighted by Crippen LogP contribution is -2.34. The van der Waals surface area contributed by atoms with Gasteiger partial charge in [-0.15, -0.1) is 0 Å². The van der Waals surface area contributed by atoms with Gasteiger partial charge in [-0.3, -0.25) is 9.59 Å². The van der Waals surface area contributed by atoms with Crippen molar-refractivity contribution in [2.45, 2.75) is 44.6 Å². The first kappa shape index (κ1) is 18.1. The monoisotopic (exact) mass is 403 g/mol. The van der Waals surface area contributed by atoms with Crippen molar-refractivity contribution in [3.63, 3.8) is 0 Å². The van der Waals surface area contributed by atoms with Crippen LogP contribution >= 0.6 is 22.9 Å². The summed E-state index contributed by atoms with van der Waals surface area (Å²) in [7, 11) is 0. The molecule has 0 radical (unpaired) electrons. The van der Waals surface area contributed by atoms with Crippen LogP contribution in [0.25, 0.3) is 4.96 Å². The molecule has 0 spiro atoms. The molecule has 2 heterocycles. The van der Waals surface area contributed by atoms with E-state index in [1.807, 2.05) is 12.1 Å². The number of hydrogen-bond acceptors (Lipinski definition) is 6. The third-order valence-electron chi connectivity index (χ3n) is 4.99. The molecule has 1 aliphatic carbocycles. The zero-order chi connectivity index (χ0) is 19.0. The van der Waals surface area contributed by atoms with E-state index in [4.69, 9.17) is 16.3 Å². The van der Waals surface area contributed by atoms with E-state index in [9.17, 15) is 9.59 Å². The summed E-state index contributed by atoms with van der Waals surface area (Å²) in [6, 6.07) is 8.84. The summed E-state index contributed by atoms with van der Waals surface area (Å²) in [5.41, 5.74) is 0.708. The van der Waals surface area contributed by atoms with Gasteiger partial charge >= 0.3 is 5.97 Å². The predicted octanol–water partition coefficient (Wildman–Crippen LogP) is 3.67. The van der Waals surface area contributed by atoms with Gasteiger partial charge in [-0.05, 0) is 37.5 Å². The SMILES string of the molecule is Cc1cc(=O)n2nc(COC(=O)C3(c4ccc(Cl)cc4)CCCC3)sc2n1. The third kappa shape index (κ3) is 3.37. The molecule has 0 bridgehead atoms. The van der Waals surface area contributed by atoms with Crippen molar-refractivity contribution in [1.82, 2.24) is 14.6 Å². The molecule has 1 aliphatic rings. The molecule has 6 nitrogen and oxygen atoms in total. The van der Waals surface area contributed by atoms with Gasteiger partial charge in [0.25, 0.3) is 5.56 Å². The average molecular weight is 404 g/mol. The highest BCUT2D eigenvalue weighted by Crippen LogP contribution is 2.42. The maximum Gasteiger partial charge on any atom is 0.316 e. The highest BCUT2D eigenvalue weighted by Gasteiger charge is 2.44. The number of rotatable bonds is 4. The minimum absolute atomic E-state index is 0.0285. The van der Waals surface area contributed by atoms with Gasteiger partial charge in [-0.1, -0.05) is 47.9 Å². The van der Waals surface area contributed by atoms with Crippen molar-refractivity contribution in [2.75, 3.05) is 0 Å². The molecule has 8 heteroatoms. The van der Waals surface area contributed by atoms with Crippen LogP contribution in [-0.2, 0) is 21.6 Å². The second-order valence-corrected chi connectivity index (χ2v) is 8.28. The number of ether oxygens (including phenoxy) is 1. The normalized spacial score (nSPS) is 15.9. The maximum atomic E-state index is 13.0. The zero-order valence-corrected chi connectivity index (χ0v) is 16.3. The van der Waals surface area contributed by atoms with Crippen molar-refractivity contribution in [2.24, 2.45) is 0 Å². The average Bonchev–Trinajstić information content (AvgIpc) is 3.28. The van der Waals surface area contributed by atoms with Gasteiger partial charge in [0, 0.05) is 16.8 Å². The van der Waals surface area contributed by atoms with Crippen LogP contribution < -0.4 is 5.56 Å². The molecule has 27 heavy (non-hydrogen) atoms. The van der Waals surface area contributed by atoms with E-state index < -0.39 is 5.41 Å². The Morgan fingerprint density at radius 2 is 2.00 bits per heavy atom. The number of carbonyl (C=O) groups excluding carboxylic acids is 1. The summed E-state index contributed by atoms with van der Waals surface area (Å²) in [6.45, 7) is 1.79. The number of aryl methyl sites for hydroxylation is 1. The quantitative estimate of drug-likeness (QED) is 0.621. The molecule has 1 saturated carbocycles. The fraction of sp³-hybridized carbons (Fsp3) is 0.368. The molecule has 140 valence electrons. The first-order valence-electron chi connectivity index (χ1n) is 8.78. The molecule has 0 atom stereocenters. The Hall–Kier alpha value is -2.25. The number of nitrogens with zero attached hydrogens (tertiary/aromatic N) is 3. The van der Waals surface area contributed by atoms with Gasteiger partial charge in [0.05, 0.1) is 5.41 Å². The summed E-state index contributed by atoms with van der Waals surface area (Å²) >= 11 is 7.24. The summed E-state index contributed by atoms with van der Waals surface area (Å²) in [6.07, 6.45) is 3.48. The Morgan fingerprint density at radius 3 is 2.70 bits per heavy atom. The molecule has 0 amide bonds. The van der Waals surface area contributed by atoms with E-state index in [1.165, 1.54) is 21.9 Å². The zero-order valence-electron chi connectivity index (χ0n) is 14.8. The predicted molar refractivity (Wildman–Crippen MR) is 103 cm³/mol. The first-order valence-corrected chi connectivity index (χ1v) is 9.97. The fourth-order valence-corrected chi connectivity index (χ4v) is 4.63. The van der Waals surface area contributed by atoms with E-state index in [1.54, 1.807) is 19.1 Å². The Labute approximate surface area is 164 Å². The summed E-state index contributed by atoms with van der Waals surface area (Å²) in [5, 5.41) is 5.41. The van der Waals surface area contributed by atoms with Crippen molar-refractivity contribution >= 4 is 33.9 Å². The number of aromatic nitrogens is 3. The molecule has 3 aromatic rings. The second-order valence-electron chi connectivity index (χ2n) is 6.80. The molecule has 2 aromatic heterocycles. The minimum atomic E-state index is -0.632. The fourth-order valence-electron chi connectivity index (χ4n) is 3.64. The van der Waals surface area contributed by atoms with Crippen LogP contribution in [0.15, 0.2) is 35.1 Å². The number of fused-ring (bicyclic) bond motifs is 1. The van der Waals surface area contributed by atoms with E-state index in [2.05, 4.69) is 10.1 Å². The molecule has 1 fully saturated rings. The van der Waals surface area contributed by atoms with Crippen molar-refractivity contribution < 1.29 is 9.53 Å². The summed E-state index contributed by atoms with van der Waals surface area (Å²) in [4.78, 5) is 29.8. The van der Waals surface area contributed by atoms with Gasteiger partial charge in [-0.25, -0.2) is 4.98 Å². The second kappa shape index (κ2) is 7.05. The highest BCUT2D eigenvalue weighted by molar-refractivity contribution is 7.16. The lowest BCUT2D eigenvalue weighted by atomic mass is 9.79. The van der Waals surface area contributed by atoms with E-state index >= 15 is 0 Å². The van der Waals surface area contributed by atoms with Crippen molar-refractivity contribution in [3.05, 3.63) is 62.0 Å². The summed E-state index contributed by atoms with van der Waals surface area (Å²) < 4.78 is 6.87. The van der Waals surface area contributed by atoms with E-state index in [0.29, 0.717) is 20.7 Å². The molecular weight excluding hydrogens is 386 g/mol. The van der Waals surface area contributed by atoms with Crippen LogP contribution in [0.2, 0.25) is 5.02 Å². The van der Waals surface area contributed by atoms with E-state index in [-0.39, 0.29) is 18.1 Å². The standard InChI is InChI=1S/C19H18ClN3O3S/c1-12-10-16(24)23-18(21-12)27-15(22-23)11-26-17(25)19(8-2-3-9-19)13-4-6-14(20)7-5-13/h4-7,10H,2-3,8-9,11H2,1H3. The topological polar surface area (TPSA) is 73.6 Å². The highest BCUT2D eigenvalue weighted by atomic mass is 35.5. The van der Waals surface area contributed by atoms with Gasteiger partial charge in [0.15, 0.2) is 5.01 Å². The van der Waals surface area contributed by atoms with Crippen LogP contribution in [-0.4, -0.2) is 20.6 Å². The van der Waals surface area contributed by atoms with Gasteiger partial charge in [0.1, 0.15) is 6.61 Å². The molecule has 0 saturated heterocycles. The number of hydrogen-bond donors (Lipinski definition) is 0. The van der Waals surface area contributed by atoms with Gasteiger partial charge in [0.2, 0.25) is 4.96 Å². The van der Waals surface area contributed by atoms with E-state index in [0.717, 1.165) is 31.2 Å². The third-order valence-corrected chi connectivity index (χ3v) is 6.12. The molecule has 4 rings (SSSR count). The number of benzene rings is 1. The maximum absolute atomic E-state index is 13.0. The number of esters is 1. The van der Waals surface area contributed by atoms with Gasteiger partial charge in [-0.2, -0.15) is 9.61 Å². The molecular formula is C19H18ClN3O3S. The molecule has 0 N–H and O–H groups in total. The lowest BCUT2D eigenvalue weighted by Gasteiger charge is -2.27. The Kier molecular flexibility index (Phi) is 4.74. The molecule has 0 aliphatic heterocycles. The Bertz CT molecular complexity index is 1050. The smallest absolute Gasteiger partial charge is 0.316 e. The Balaban J connectivity index is 1.56. The first-order chi connectivity index (χ1) is 13.0. The van der Waals surface area contributed by atoms with Crippen LogP contribution in [0.4, 0.5) is 0 Å². The number of halogens is 1. The van der Waals surface area contributed by atoms with Crippen molar-refractivity contribution in [3.8, 4) is 0 Å². The number of carbonyl (C=O) groups is 1. The lowest BCUT2D eigenvalue weighted by molar-refractivity contribution is -0.152. The van der Waals surface area contributed by atoms with Gasteiger partial charge < -0.3 is 4.74 Å². The van der Waals surface area contributed by atoms with Crippen LogP contribution in [0.5, 0.6) is 0 Å². The van der Waals surface area contributed by atoms with Crippen LogP contribution in [0.3, 0.4) is 0 Å². The molecule has 1 aromatic carbocycles.